The Morgan fingerprint density at radius 2 is 1.86 bits per heavy atom. The third-order valence-corrected chi connectivity index (χ3v) is 4.89. The highest BCUT2D eigenvalue weighted by molar-refractivity contribution is 6.03. The van der Waals surface area contributed by atoms with Gasteiger partial charge in [0.2, 0.25) is 0 Å². The Kier molecular flexibility index (Phi) is 5.57. The third-order valence-electron chi connectivity index (χ3n) is 4.89. The molecule has 29 heavy (non-hydrogen) atoms. The van der Waals surface area contributed by atoms with Gasteiger partial charge in [0.25, 0.3) is 5.91 Å². The molecule has 150 valence electrons. The molecule has 1 aliphatic rings. The Bertz CT molecular complexity index is 945. The van der Waals surface area contributed by atoms with Gasteiger partial charge < -0.3 is 15.0 Å². The van der Waals surface area contributed by atoms with E-state index in [1.807, 2.05) is 36.4 Å². The van der Waals surface area contributed by atoms with Gasteiger partial charge in [0.15, 0.2) is 0 Å². The van der Waals surface area contributed by atoms with Crippen LogP contribution in [0.2, 0.25) is 0 Å². The molecule has 2 aromatic heterocycles. The second kappa shape index (κ2) is 8.45. The van der Waals surface area contributed by atoms with E-state index in [0.29, 0.717) is 17.9 Å². The zero-order chi connectivity index (χ0) is 20.2. The van der Waals surface area contributed by atoms with Gasteiger partial charge in [-0.05, 0) is 31.5 Å². The van der Waals surface area contributed by atoms with Crippen LogP contribution in [0, 0.1) is 0 Å². The van der Waals surface area contributed by atoms with Crippen LogP contribution in [0.1, 0.15) is 29.8 Å². The molecule has 1 aliphatic heterocycles. The average molecular weight is 391 g/mol. The summed E-state index contributed by atoms with van der Waals surface area (Å²) in [7, 11) is 0. The molecule has 1 aromatic carbocycles. The van der Waals surface area contributed by atoms with Gasteiger partial charge in [-0.15, -0.1) is 0 Å². The van der Waals surface area contributed by atoms with Crippen LogP contribution in [0.4, 0.5) is 11.6 Å². The number of nitrogens with one attached hydrogen (secondary N) is 1. The standard InChI is InChI=1S/C22H25N5O2/c1-16-13-26(14-17(2)29-16)20-9-8-19(12-23-20)22(28)25-21-10-11-24-27(21)15-18-6-4-3-5-7-18/h3-12,16-17H,13-15H2,1-2H3,(H,25,28)/t16-,17-/m1/s1. The lowest BCUT2D eigenvalue weighted by Gasteiger charge is -2.36. The van der Waals surface area contributed by atoms with Crippen LogP contribution >= 0.6 is 0 Å². The Balaban J connectivity index is 1.42. The third kappa shape index (κ3) is 4.63. The summed E-state index contributed by atoms with van der Waals surface area (Å²) in [6.07, 6.45) is 3.62. The maximum absolute atomic E-state index is 12.7. The highest BCUT2D eigenvalue weighted by atomic mass is 16.5. The molecular formula is C22H25N5O2. The van der Waals surface area contributed by atoms with Crippen LogP contribution in [0.25, 0.3) is 0 Å². The first-order valence-corrected chi connectivity index (χ1v) is 9.82. The second-order valence-electron chi connectivity index (χ2n) is 7.38. The number of anilines is 2. The van der Waals surface area contributed by atoms with Gasteiger partial charge in [-0.2, -0.15) is 5.10 Å². The van der Waals surface area contributed by atoms with E-state index in [4.69, 9.17) is 4.74 Å². The lowest BCUT2D eigenvalue weighted by atomic mass is 10.2. The fourth-order valence-corrected chi connectivity index (χ4v) is 3.58. The number of aromatic nitrogens is 3. The van der Waals surface area contributed by atoms with Gasteiger partial charge in [0.05, 0.1) is 30.5 Å². The lowest BCUT2D eigenvalue weighted by Crippen LogP contribution is -2.45. The van der Waals surface area contributed by atoms with Crippen LogP contribution in [-0.4, -0.2) is 46.0 Å². The van der Waals surface area contributed by atoms with Crippen molar-refractivity contribution in [2.45, 2.75) is 32.6 Å². The highest BCUT2D eigenvalue weighted by Gasteiger charge is 2.23. The van der Waals surface area contributed by atoms with Gasteiger partial charge in [-0.1, -0.05) is 30.3 Å². The monoisotopic (exact) mass is 391 g/mol. The molecule has 1 saturated heterocycles. The van der Waals surface area contributed by atoms with Crippen molar-refractivity contribution in [2.75, 3.05) is 23.3 Å². The number of nitrogens with zero attached hydrogens (tertiary/aromatic N) is 4. The summed E-state index contributed by atoms with van der Waals surface area (Å²) in [5.74, 6) is 1.30. The van der Waals surface area contributed by atoms with E-state index in [-0.39, 0.29) is 18.1 Å². The van der Waals surface area contributed by atoms with Crippen molar-refractivity contribution in [3.63, 3.8) is 0 Å². The van der Waals surface area contributed by atoms with Crippen LogP contribution in [0.5, 0.6) is 0 Å². The fourth-order valence-electron chi connectivity index (χ4n) is 3.58. The molecule has 3 heterocycles. The van der Waals surface area contributed by atoms with Crippen molar-refractivity contribution in [3.8, 4) is 0 Å². The van der Waals surface area contributed by atoms with Gasteiger partial charge >= 0.3 is 0 Å². The summed E-state index contributed by atoms with van der Waals surface area (Å²) in [5.41, 5.74) is 1.63. The number of pyridine rings is 1. The quantitative estimate of drug-likeness (QED) is 0.723. The molecule has 0 radical (unpaired) electrons. The number of carbonyl (C=O) groups is 1. The normalized spacial score (nSPS) is 19.2. The topological polar surface area (TPSA) is 72.3 Å². The zero-order valence-corrected chi connectivity index (χ0v) is 16.7. The molecule has 0 saturated carbocycles. The number of morpholine rings is 1. The average Bonchev–Trinajstić information content (AvgIpc) is 3.14. The Morgan fingerprint density at radius 3 is 2.55 bits per heavy atom. The summed E-state index contributed by atoms with van der Waals surface area (Å²) in [6.45, 7) is 6.29. The summed E-state index contributed by atoms with van der Waals surface area (Å²) in [6, 6.07) is 15.5. The molecule has 7 nitrogen and oxygen atoms in total. The summed E-state index contributed by atoms with van der Waals surface area (Å²) in [5, 5.41) is 7.24. The van der Waals surface area contributed by atoms with E-state index in [9.17, 15) is 4.79 Å². The molecule has 0 aliphatic carbocycles. The van der Waals surface area contributed by atoms with Crippen molar-refractivity contribution in [3.05, 3.63) is 72.1 Å². The Labute approximate surface area is 170 Å². The molecule has 7 heteroatoms. The number of benzene rings is 1. The first kappa shape index (κ1) is 19.1. The minimum atomic E-state index is -0.206. The van der Waals surface area contributed by atoms with E-state index < -0.39 is 0 Å². The number of hydrogen-bond donors (Lipinski definition) is 1. The van der Waals surface area contributed by atoms with Crippen molar-refractivity contribution in [1.82, 2.24) is 14.8 Å². The number of rotatable bonds is 5. The zero-order valence-electron chi connectivity index (χ0n) is 16.7. The van der Waals surface area contributed by atoms with E-state index >= 15 is 0 Å². The number of ether oxygens (including phenoxy) is 1. The largest absolute Gasteiger partial charge is 0.372 e. The molecular weight excluding hydrogens is 366 g/mol. The maximum atomic E-state index is 12.7. The molecule has 2 atom stereocenters. The minimum Gasteiger partial charge on any atom is -0.372 e. The van der Waals surface area contributed by atoms with E-state index in [1.54, 1.807) is 29.2 Å². The van der Waals surface area contributed by atoms with Crippen molar-refractivity contribution >= 4 is 17.5 Å². The van der Waals surface area contributed by atoms with Gasteiger partial charge in [0, 0.05) is 25.4 Å². The highest BCUT2D eigenvalue weighted by Crippen LogP contribution is 2.19. The molecule has 3 aromatic rings. The predicted octanol–water partition coefficient (Wildman–Crippen LogP) is 3.19. The minimum absolute atomic E-state index is 0.161. The fraction of sp³-hybridized carbons (Fsp3) is 0.318. The molecule has 4 rings (SSSR count). The molecule has 1 fully saturated rings. The van der Waals surface area contributed by atoms with Crippen molar-refractivity contribution < 1.29 is 9.53 Å². The Hall–Kier alpha value is -3.19. The van der Waals surface area contributed by atoms with Crippen LogP contribution in [0.3, 0.4) is 0 Å². The van der Waals surface area contributed by atoms with Gasteiger partial charge in [-0.3, -0.25) is 4.79 Å². The van der Waals surface area contributed by atoms with Crippen LogP contribution < -0.4 is 10.2 Å². The first-order valence-electron chi connectivity index (χ1n) is 9.82. The van der Waals surface area contributed by atoms with E-state index in [1.165, 1.54) is 0 Å². The maximum Gasteiger partial charge on any atom is 0.258 e. The van der Waals surface area contributed by atoms with Gasteiger partial charge in [0.1, 0.15) is 11.6 Å². The molecule has 1 N–H and O–H groups in total. The molecule has 0 spiro atoms. The molecule has 1 amide bonds. The summed E-state index contributed by atoms with van der Waals surface area (Å²) in [4.78, 5) is 19.4. The van der Waals surface area contributed by atoms with Crippen LogP contribution in [0.15, 0.2) is 60.9 Å². The molecule has 0 unspecified atom stereocenters. The molecule has 0 bridgehead atoms. The number of carbonyl (C=O) groups excluding carboxylic acids is 1. The van der Waals surface area contributed by atoms with Crippen molar-refractivity contribution in [1.29, 1.82) is 0 Å². The van der Waals surface area contributed by atoms with E-state index in [2.05, 4.69) is 34.1 Å². The van der Waals surface area contributed by atoms with Gasteiger partial charge in [-0.25, -0.2) is 9.67 Å². The summed E-state index contributed by atoms with van der Waals surface area (Å²) >= 11 is 0. The van der Waals surface area contributed by atoms with Crippen molar-refractivity contribution in [2.24, 2.45) is 0 Å². The first-order chi connectivity index (χ1) is 14.1. The summed E-state index contributed by atoms with van der Waals surface area (Å²) < 4.78 is 7.54. The Morgan fingerprint density at radius 1 is 1.10 bits per heavy atom. The predicted molar refractivity (Wildman–Crippen MR) is 112 cm³/mol. The lowest BCUT2D eigenvalue weighted by molar-refractivity contribution is -0.00546. The van der Waals surface area contributed by atoms with Crippen LogP contribution in [-0.2, 0) is 11.3 Å². The number of hydrogen-bond acceptors (Lipinski definition) is 5. The second-order valence-corrected chi connectivity index (χ2v) is 7.38. The SMILES string of the molecule is C[C@@H]1CN(c2ccc(C(=O)Nc3ccnn3Cc3ccccc3)cn2)C[C@@H](C)O1. The smallest absolute Gasteiger partial charge is 0.258 e. The number of amides is 1. The van der Waals surface area contributed by atoms with E-state index in [0.717, 1.165) is 24.5 Å².